The van der Waals surface area contributed by atoms with Gasteiger partial charge in [0.1, 0.15) is 18.2 Å². The number of halogens is 2. The maximum Gasteiger partial charge on any atom is 0.355 e. The normalized spacial score (nSPS) is 12.2. The van der Waals surface area contributed by atoms with Gasteiger partial charge in [0.15, 0.2) is 5.65 Å². The van der Waals surface area contributed by atoms with Crippen molar-refractivity contribution in [2.75, 3.05) is 31.8 Å². The maximum absolute atomic E-state index is 12.8. The van der Waals surface area contributed by atoms with Crippen molar-refractivity contribution < 1.29 is 4.74 Å². The van der Waals surface area contributed by atoms with Crippen LogP contribution >= 0.6 is 23.2 Å². The molecule has 11 heteroatoms. The summed E-state index contributed by atoms with van der Waals surface area (Å²) in [6, 6.07) is 12.6. The van der Waals surface area contributed by atoms with Gasteiger partial charge in [-0.15, -0.1) is 0 Å². The van der Waals surface area contributed by atoms with Gasteiger partial charge in [0, 0.05) is 17.9 Å². The Morgan fingerprint density at radius 3 is 2.44 bits per heavy atom. The van der Waals surface area contributed by atoms with Gasteiger partial charge in [-0.2, -0.15) is 9.97 Å². The molecule has 0 aliphatic rings. The summed E-state index contributed by atoms with van der Waals surface area (Å²) in [7, 11) is 4.02. The Bertz CT molecular complexity index is 1370. The summed E-state index contributed by atoms with van der Waals surface area (Å²) in [6.45, 7) is 2.67. The lowest BCUT2D eigenvalue weighted by Crippen LogP contribution is -2.30. The zero-order chi connectivity index (χ0) is 24.4. The quantitative estimate of drug-likeness (QED) is 0.390. The highest BCUT2D eigenvalue weighted by Crippen LogP contribution is 2.30. The van der Waals surface area contributed by atoms with Crippen molar-refractivity contribution in [3.63, 3.8) is 0 Å². The van der Waals surface area contributed by atoms with E-state index in [-0.39, 0.29) is 33.1 Å². The second-order valence-corrected chi connectivity index (χ2v) is 8.70. The Labute approximate surface area is 206 Å². The molecule has 0 fully saturated rings. The van der Waals surface area contributed by atoms with Gasteiger partial charge < -0.3 is 20.7 Å². The number of nitrogens with zero attached hydrogens (tertiary/aromatic N) is 5. The molecule has 1 unspecified atom stereocenters. The summed E-state index contributed by atoms with van der Waals surface area (Å²) in [4.78, 5) is 27.6. The molecule has 2 heterocycles. The van der Waals surface area contributed by atoms with Crippen molar-refractivity contribution in [1.82, 2.24) is 24.4 Å². The Hall–Kier alpha value is -3.40. The Morgan fingerprint density at radius 2 is 1.79 bits per heavy atom. The van der Waals surface area contributed by atoms with E-state index in [0.717, 1.165) is 16.0 Å². The molecule has 0 bridgehead atoms. The second kappa shape index (κ2) is 9.84. The number of nitrogens with one attached hydrogen (secondary N) is 1. The van der Waals surface area contributed by atoms with Crippen LogP contribution in [-0.2, 0) is 0 Å². The number of hydrogen-bond acceptors (Lipinski definition) is 8. The van der Waals surface area contributed by atoms with Gasteiger partial charge >= 0.3 is 5.69 Å². The van der Waals surface area contributed by atoms with Crippen molar-refractivity contribution >= 4 is 51.7 Å². The molecule has 2 aromatic carbocycles. The zero-order valence-corrected chi connectivity index (χ0v) is 20.3. The van der Waals surface area contributed by atoms with Crippen LogP contribution in [0.4, 0.5) is 17.5 Å². The molecule has 34 heavy (non-hydrogen) atoms. The fraction of sp³-hybridized carbons (Fsp3) is 0.217. The average Bonchev–Trinajstić information content (AvgIpc) is 2.80. The van der Waals surface area contributed by atoms with Gasteiger partial charge in [-0.1, -0.05) is 29.3 Å². The zero-order valence-electron chi connectivity index (χ0n) is 18.8. The molecule has 9 nitrogen and oxygen atoms in total. The lowest BCUT2D eigenvalue weighted by atomic mass is 10.3. The molecule has 0 aliphatic carbocycles. The molecular formula is C23H23Cl2N7O2. The highest BCUT2D eigenvalue weighted by Gasteiger charge is 2.17. The lowest BCUT2D eigenvalue weighted by molar-refractivity contribution is 0.198. The van der Waals surface area contributed by atoms with Gasteiger partial charge in [0.05, 0.1) is 21.1 Å². The molecule has 4 aromatic rings. The van der Waals surface area contributed by atoms with E-state index in [1.807, 2.05) is 38.4 Å². The Balaban J connectivity index is 1.58. The van der Waals surface area contributed by atoms with Crippen LogP contribution in [0.5, 0.6) is 5.75 Å². The summed E-state index contributed by atoms with van der Waals surface area (Å²) < 4.78 is 6.95. The van der Waals surface area contributed by atoms with Crippen LogP contribution in [-0.4, -0.2) is 51.2 Å². The van der Waals surface area contributed by atoms with Crippen LogP contribution < -0.4 is 21.5 Å². The first kappa shape index (κ1) is 23.7. The molecule has 0 saturated heterocycles. The van der Waals surface area contributed by atoms with E-state index in [1.54, 1.807) is 18.2 Å². The topological polar surface area (TPSA) is 111 Å². The third-order valence-corrected chi connectivity index (χ3v) is 5.93. The Kier molecular flexibility index (Phi) is 6.87. The van der Waals surface area contributed by atoms with Crippen molar-refractivity contribution in [2.24, 2.45) is 0 Å². The fourth-order valence-electron chi connectivity index (χ4n) is 3.11. The van der Waals surface area contributed by atoms with E-state index in [2.05, 4.69) is 32.1 Å². The van der Waals surface area contributed by atoms with E-state index in [9.17, 15) is 4.79 Å². The highest BCUT2D eigenvalue weighted by molar-refractivity contribution is 6.37. The van der Waals surface area contributed by atoms with Gasteiger partial charge in [0.2, 0.25) is 5.95 Å². The number of fused-ring (bicyclic) bond motifs is 1. The van der Waals surface area contributed by atoms with Crippen molar-refractivity contribution in [2.45, 2.75) is 13.0 Å². The molecule has 0 saturated carbocycles. The number of ether oxygens (including phenoxy) is 1. The molecule has 176 valence electrons. The van der Waals surface area contributed by atoms with E-state index < -0.39 is 5.69 Å². The predicted molar refractivity (Wildman–Crippen MR) is 136 cm³/mol. The van der Waals surface area contributed by atoms with Gasteiger partial charge in [0.25, 0.3) is 0 Å². The minimum absolute atomic E-state index is 0.0880. The molecule has 0 aliphatic heterocycles. The minimum atomic E-state index is -0.655. The Morgan fingerprint density at radius 1 is 1.12 bits per heavy atom. The maximum atomic E-state index is 12.8. The standard InChI is InChI=1S/C23H23Cl2N7O2/c1-13(31(2)3)12-34-15-9-7-14(8-10-15)28-22-27-11-16-20(26)32(23(33)30-21(16)29-22)19-17(24)5-4-6-18(19)25/h4-11,13H,12,26H2,1-3H3,(H,28,29,30,33). The lowest BCUT2D eigenvalue weighted by Gasteiger charge is -2.20. The summed E-state index contributed by atoms with van der Waals surface area (Å²) in [5.41, 5.74) is 6.76. The van der Waals surface area contributed by atoms with E-state index in [1.165, 1.54) is 6.20 Å². The number of rotatable bonds is 7. The van der Waals surface area contributed by atoms with Gasteiger partial charge in [-0.25, -0.2) is 14.3 Å². The molecule has 4 rings (SSSR count). The number of aromatic nitrogens is 4. The molecule has 3 N–H and O–H groups in total. The van der Waals surface area contributed by atoms with E-state index >= 15 is 0 Å². The van der Waals surface area contributed by atoms with Crippen LogP contribution in [0.3, 0.4) is 0 Å². The summed E-state index contributed by atoms with van der Waals surface area (Å²) >= 11 is 12.5. The number of para-hydroxylation sites is 1. The number of anilines is 3. The van der Waals surface area contributed by atoms with Crippen LogP contribution in [0.2, 0.25) is 10.0 Å². The van der Waals surface area contributed by atoms with E-state index in [4.69, 9.17) is 33.7 Å². The molecule has 0 amide bonds. The summed E-state index contributed by atoms with van der Waals surface area (Å²) in [6.07, 6.45) is 1.49. The van der Waals surface area contributed by atoms with Crippen LogP contribution in [0.15, 0.2) is 53.5 Å². The van der Waals surface area contributed by atoms with Crippen molar-refractivity contribution in [3.05, 3.63) is 69.2 Å². The molecule has 1 atom stereocenters. The van der Waals surface area contributed by atoms with E-state index in [0.29, 0.717) is 18.0 Å². The molecule has 0 radical (unpaired) electrons. The van der Waals surface area contributed by atoms with Crippen molar-refractivity contribution in [3.8, 4) is 11.4 Å². The molecular weight excluding hydrogens is 477 g/mol. The van der Waals surface area contributed by atoms with Gasteiger partial charge in [-0.3, -0.25) is 0 Å². The first-order valence-corrected chi connectivity index (χ1v) is 11.2. The summed E-state index contributed by atoms with van der Waals surface area (Å²) in [5, 5.41) is 4.02. The SMILES string of the molecule is CC(COc1ccc(Nc2ncc3c(N)n(-c4c(Cl)cccc4Cl)c(=O)nc3n2)cc1)N(C)C. The van der Waals surface area contributed by atoms with Crippen molar-refractivity contribution in [1.29, 1.82) is 0 Å². The summed E-state index contributed by atoms with van der Waals surface area (Å²) in [5.74, 6) is 1.11. The number of benzene rings is 2. The average molecular weight is 500 g/mol. The van der Waals surface area contributed by atoms with Crippen LogP contribution in [0, 0.1) is 0 Å². The monoisotopic (exact) mass is 499 g/mol. The first-order chi connectivity index (χ1) is 16.2. The number of nitrogen functional groups attached to an aromatic ring is 1. The van der Waals surface area contributed by atoms with Crippen LogP contribution in [0.25, 0.3) is 16.7 Å². The largest absolute Gasteiger partial charge is 0.492 e. The first-order valence-electron chi connectivity index (χ1n) is 10.4. The van der Waals surface area contributed by atoms with Crippen LogP contribution in [0.1, 0.15) is 6.92 Å². The third-order valence-electron chi connectivity index (χ3n) is 5.32. The van der Waals surface area contributed by atoms with Gasteiger partial charge in [-0.05, 0) is 57.4 Å². The minimum Gasteiger partial charge on any atom is -0.492 e. The smallest absolute Gasteiger partial charge is 0.355 e. The molecule has 2 aromatic heterocycles. The second-order valence-electron chi connectivity index (χ2n) is 7.89. The highest BCUT2D eigenvalue weighted by atomic mass is 35.5. The fourth-order valence-corrected chi connectivity index (χ4v) is 3.68. The number of nitrogens with two attached hydrogens (primary N) is 1. The molecule has 0 spiro atoms. The number of hydrogen-bond donors (Lipinski definition) is 2. The predicted octanol–water partition coefficient (Wildman–Crippen LogP) is 4.14. The third kappa shape index (κ3) is 4.91. The number of likely N-dealkylation sites (N-methyl/N-ethyl adjacent to an activating group) is 1.